The summed E-state index contributed by atoms with van der Waals surface area (Å²) in [5.74, 6) is 0.686. The Labute approximate surface area is 113 Å². The molecule has 0 saturated carbocycles. The molecular weight excluding hydrogens is 241 g/mol. The zero-order chi connectivity index (χ0) is 14.0. The molecular formula is C15H22FN3. The maximum Gasteiger partial charge on any atom is 0.151 e. The Morgan fingerprint density at radius 2 is 2.05 bits per heavy atom. The van der Waals surface area contributed by atoms with Gasteiger partial charge in [0.2, 0.25) is 0 Å². The molecule has 0 amide bonds. The third kappa shape index (κ3) is 2.95. The van der Waals surface area contributed by atoms with Gasteiger partial charge in [-0.25, -0.2) is 9.37 Å². The highest BCUT2D eigenvalue weighted by atomic mass is 19.1. The van der Waals surface area contributed by atoms with Crippen molar-refractivity contribution in [3.05, 3.63) is 29.8 Å². The zero-order valence-electron chi connectivity index (χ0n) is 11.9. The second-order valence-electron chi connectivity index (χ2n) is 5.90. The summed E-state index contributed by atoms with van der Waals surface area (Å²) in [6, 6.07) is 5.08. The van der Waals surface area contributed by atoms with Crippen LogP contribution in [0.4, 0.5) is 4.39 Å². The average molecular weight is 263 g/mol. The largest absolute Gasteiger partial charge is 0.331 e. The minimum Gasteiger partial charge on any atom is -0.331 e. The molecule has 19 heavy (non-hydrogen) atoms. The summed E-state index contributed by atoms with van der Waals surface area (Å²) >= 11 is 0. The normalized spacial score (nSPS) is 12.3. The van der Waals surface area contributed by atoms with Crippen molar-refractivity contribution in [2.75, 3.05) is 6.54 Å². The van der Waals surface area contributed by atoms with Crippen molar-refractivity contribution in [1.82, 2.24) is 9.55 Å². The summed E-state index contributed by atoms with van der Waals surface area (Å²) < 4.78 is 15.7. The first-order valence-corrected chi connectivity index (χ1v) is 6.74. The van der Waals surface area contributed by atoms with Crippen molar-refractivity contribution in [3.8, 4) is 0 Å². The van der Waals surface area contributed by atoms with Gasteiger partial charge in [-0.2, -0.15) is 0 Å². The average Bonchev–Trinajstić information content (AvgIpc) is 2.66. The number of hydrogen-bond acceptors (Lipinski definition) is 2. The number of fused-ring (bicyclic) bond motifs is 1. The van der Waals surface area contributed by atoms with Gasteiger partial charge in [-0.05, 0) is 36.9 Å². The highest BCUT2D eigenvalue weighted by Crippen LogP contribution is 2.27. The molecule has 1 aromatic heterocycles. The fourth-order valence-electron chi connectivity index (χ4n) is 2.42. The Balaban J connectivity index is 2.22. The molecule has 0 radical (unpaired) electrons. The summed E-state index contributed by atoms with van der Waals surface area (Å²) in [7, 11) is 1.94. The molecule has 0 aliphatic rings. The quantitative estimate of drug-likeness (QED) is 0.901. The zero-order valence-corrected chi connectivity index (χ0v) is 11.9. The first-order valence-electron chi connectivity index (χ1n) is 6.74. The lowest BCUT2D eigenvalue weighted by atomic mass is 9.84. The van der Waals surface area contributed by atoms with Gasteiger partial charge in [-0.3, -0.25) is 0 Å². The minimum atomic E-state index is -0.249. The minimum absolute atomic E-state index is 0.200. The molecule has 1 heterocycles. The highest BCUT2D eigenvalue weighted by molar-refractivity contribution is 5.76. The monoisotopic (exact) mass is 263 g/mol. The van der Waals surface area contributed by atoms with E-state index < -0.39 is 0 Å². The molecule has 104 valence electrons. The van der Waals surface area contributed by atoms with Crippen molar-refractivity contribution in [1.29, 1.82) is 0 Å². The smallest absolute Gasteiger partial charge is 0.151 e. The van der Waals surface area contributed by atoms with Crippen LogP contribution in [0.5, 0.6) is 0 Å². The first kappa shape index (κ1) is 14.0. The van der Waals surface area contributed by atoms with E-state index in [-0.39, 0.29) is 11.2 Å². The van der Waals surface area contributed by atoms with E-state index in [1.54, 1.807) is 6.07 Å². The summed E-state index contributed by atoms with van der Waals surface area (Å²) in [5, 5.41) is 0. The molecule has 1 aromatic carbocycles. The Hall–Kier alpha value is -1.42. The van der Waals surface area contributed by atoms with Gasteiger partial charge in [0, 0.05) is 13.5 Å². The Morgan fingerprint density at radius 3 is 2.68 bits per heavy atom. The Morgan fingerprint density at radius 1 is 1.32 bits per heavy atom. The van der Waals surface area contributed by atoms with E-state index in [0.717, 1.165) is 30.6 Å². The van der Waals surface area contributed by atoms with Crippen molar-refractivity contribution in [2.45, 2.75) is 33.1 Å². The fraction of sp³-hybridized carbons (Fsp3) is 0.533. The van der Waals surface area contributed by atoms with Gasteiger partial charge < -0.3 is 10.3 Å². The summed E-state index contributed by atoms with van der Waals surface area (Å²) in [6.45, 7) is 5.12. The van der Waals surface area contributed by atoms with Crippen LogP contribution in [0, 0.1) is 11.2 Å². The molecule has 0 bridgehead atoms. The van der Waals surface area contributed by atoms with Gasteiger partial charge >= 0.3 is 0 Å². The van der Waals surface area contributed by atoms with E-state index in [2.05, 4.69) is 18.8 Å². The molecule has 2 aromatic rings. The van der Waals surface area contributed by atoms with Crippen LogP contribution in [0.1, 0.15) is 32.5 Å². The predicted octanol–water partition coefficient (Wildman–Crippen LogP) is 3.02. The highest BCUT2D eigenvalue weighted by Gasteiger charge is 2.19. The number of aryl methyl sites for hydroxylation is 2. The van der Waals surface area contributed by atoms with E-state index in [1.807, 2.05) is 17.7 Å². The maximum absolute atomic E-state index is 13.7. The number of nitrogens with zero attached hydrogens (tertiary/aromatic N) is 2. The van der Waals surface area contributed by atoms with Gasteiger partial charge in [-0.1, -0.05) is 19.9 Å². The van der Waals surface area contributed by atoms with Crippen LogP contribution in [0.15, 0.2) is 18.2 Å². The number of halogens is 1. The van der Waals surface area contributed by atoms with Crippen LogP contribution in [0.25, 0.3) is 11.0 Å². The number of aromatic nitrogens is 2. The third-order valence-electron chi connectivity index (χ3n) is 3.80. The van der Waals surface area contributed by atoms with Gasteiger partial charge in [0.25, 0.3) is 0 Å². The van der Waals surface area contributed by atoms with Crippen LogP contribution in [0.2, 0.25) is 0 Å². The van der Waals surface area contributed by atoms with Crippen LogP contribution in [0.3, 0.4) is 0 Å². The molecule has 0 aliphatic heterocycles. The fourth-order valence-corrected chi connectivity index (χ4v) is 2.42. The van der Waals surface area contributed by atoms with Gasteiger partial charge in [0.05, 0.1) is 5.52 Å². The molecule has 0 fully saturated rings. The molecule has 0 saturated heterocycles. The third-order valence-corrected chi connectivity index (χ3v) is 3.80. The van der Waals surface area contributed by atoms with Crippen molar-refractivity contribution in [2.24, 2.45) is 18.2 Å². The van der Waals surface area contributed by atoms with E-state index in [1.165, 1.54) is 6.07 Å². The second kappa shape index (κ2) is 5.29. The second-order valence-corrected chi connectivity index (χ2v) is 5.90. The molecule has 4 heteroatoms. The summed E-state index contributed by atoms with van der Waals surface area (Å²) in [4.78, 5) is 4.43. The molecule has 0 unspecified atom stereocenters. The van der Waals surface area contributed by atoms with Crippen LogP contribution in [-0.4, -0.2) is 16.1 Å². The predicted molar refractivity (Wildman–Crippen MR) is 76.4 cm³/mol. The topological polar surface area (TPSA) is 43.8 Å². The maximum atomic E-state index is 13.7. The van der Waals surface area contributed by atoms with Crippen LogP contribution in [-0.2, 0) is 13.5 Å². The van der Waals surface area contributed by atoms with Crippen LogP contribution >= 0.6 is 0 Å². The van der Waals surface area contributed by atoms with E-state index >= 15 is 0 Å². The summed E-state index contributed by atoms with van der Waals surface area (Å²) in [6.07, 6.45) is 2.84. The molecule has 0 atom stereocenters. The summed E-state index contributed by atoms with van der Waals surface area (Å²) in [5.41, 5.74) is 7.15. The van der Waals surface area contributed by atoms with E-state index in [0.29, 0.717) is 12.1 Å². The lowest BCUT2D eigenvalue weighted by Gasteiger charge is -2.23. The van der Waals surface area contributed by atoms with E-state index in [4.69, 9.17) is 5.73 Å². The molecule has 2 N–H and O–H groups in total. The molecule has 3 nitrogen and oxygen atoms in total. The van der Waals surface area contributed by atoms with Gasteiger partial charge in [-0.15, -0.1) is 0 Å². The first-order chi connectivity index (χ1) is 8.94. The number of para-hydroxylation sites is 1. The van der Waals surface area contributed by atoms with Crippen LogP contribution < -0.4 is 5.73 Å². The Kier molecular flexibility index (Phi) is 3.90. The lowest BCUT2D eigenvalue weighted by Crippen LogP contribution is -2.18. The number of benzene rings is 1. The van der Waals surface area contributed by atoms with Crippen molar-refractivity contribution in [3.63, 3.8) is 0 Å². The van der Waals surface area contributed by atoms with Gasteiger partial charge in [0.15, 0.2) is 5.82 Å². The van der Waals surface area contributed by atoms with Gasteiger partial charge in [0.1, 0.15) is 11.3 Å². The standard InChI is InChI=1S/C15H22FN3/c1-15(2,9-10-17)8-7-13-18-14-11(16)5-4-6-12(14)19(13)3/h4-6H,7-10,17H2,1-3H3. The SMILES string of the molecule is Cn1c(CCC(C)(C)CCN)nc2c(F)cccc21. The van der Waals surface area contributed by atoms with Crippen molar-refractivity contribution >= 4 is 11.0 Å². The number of rotatable bonds is 5. The molecule has 2 rings (SSSR count). The lowest BCUT2D eigenvalue weighted by molar-refractivity contribution is 0.310. The number of hydrogen-bond donors (Lipinski definition) is 1. The molecule has 0 spiro atoms. The molecule has 0 aliphatic carbocycles. The number of nitrogens with two attached hydrogens (primary N) is 1. The number of imidazole rings is 1. The van der Waals surface area contributed by atoms with Crippen molar-refractivity contribution < 1.29 is 4.39 Å². The Bertz CT molecular complexity index is 572. The van der Waals surface area contributed by atoms with E-state index in [9.17, 15) is 4.39 Å².